The predicted octanol–water partition coefficient (Wildman–Crippen LogP) is 1.88. The lowest BCUT2D eigenvalue weighted by atomic mass is 10.0. The van der Waals surface area contributed by atoms with Gasteiger partial charge >= 0.3 is 0 Å². The molecule has 1 aromatic carbocycles. The van der Waals surface area contributed by atoms with E-state index in [2.05, 4.69) is 50.4 Å². The summed E-state index contributed by atoms with van der Waals surface area (Å²) in [5, 5.41) is 4.74. The molecule has 7 heteroatoms. The maximum absolute atomic E-state index is 5.50. The van der Waals surface area contributed by atoms with Gasteiger partial charge in [-0.3, -0.25) is 4.98 Å². The largest absolute Gasteiger partial charge is 0.378 e. The Morgan fingerprint density at radius 2 is 1.86 bits per heavy atom. The molecule has 0 amide bonds. The summed E-state index contributed by atoms with van der Waals surface area (Å²) in [5.41, 5.74) is 2.26. The molecule has 5 rings (SSSR count). The van der Waals surface area contributed by atoms with E-state index in [1.807, 2.05) is 18.5 Å². The van der Waals surface area contributed by atoms with Gasteiger partial charge in [-0.25, -0.2) is 4.98 Å². The quantitative estimate of drug-likeness (QED) is 0.730. The summed E-state index contributed by atoms with van der Waals surface area (Å²) in [6.45, 7) is 5.88. The molecule has 0 bridgehead atoms. The van der Waals surface area contributed by atoms with Gasteiger partial charge in [0.2, 0.25) is 5.95 Å². The van der Waals surface area contributed by atoms with Gasteiger partial charge in [-0.2, -0.15) is 4.98 Å². The Bertz CT molecular complexity index is 960. The monoisotopic (exact) mass is 390 g/mol. The van der Waals surface area contributed by atoms with Crippen LogP contribution in [-0.4, -0.2) is 66.9 Å². The molecule has 2 saturated heterocycles. The third-order valence-electron chi connectivity index (χ3n) is 5.64. The summed E-state index contributed by atoms with van der Waals surface area (Å²) < 4.78 is 5.50. The first-order valence-electron chi connectivity index (χ1n) is 10.3. The van der Waals surface area contributed by atoms with E-state index >= 15 is 0 Å². The molecule has 4 heterocycles. The van der Waals surface area contributed by atoms with Crippen molar-refractivity contribution in [2.24, 2.45) is 0 Å². The fourth-order valence-electron chi connectivity index (χ4n) is 4.15. The molecule has 0 radical (unpaired) electrons. The van der Waals surface area contributed by atoms with E-state index in [-0.39, 0.29) is 0 Å². The number of aromatic nitrogens is 3. The third-order valence-corrected chi connectivity index (χ3v) is 5.64. The first-order chi connectivity index (χ1) is 14.4. The van der Waals surface area contributed by atoms with Crippen molar-refractivity contribution in [3.05, 3.63) is 54.4 Å². The van der Waals surface area contributed by atoms with Gasteiger partial charge in [0.1, 0.15) is 5.82 Å². The fraction of sp³-hybridized carbons (Fsp3) is 0.409. The molecule has 0 unspecified atom stereocenters. The number of piperazine rings is 1. The third kappa shape index (κ3) is 4.02. The number of benzene rings is 1. The summed E-state index contributed by atoms with van der Waals surface area (Å²) in [4.78, 5) is 18.7. The molecule has 1 N–H and O–H groups in total. The van der Waals surface area contributed by atoms with Gasteiger partial charge in [0.25, 0.3) is 0 Å². The van der Waals surface area contributed by atoms with Crippen molar-refractivity contribution < 1.29 is 4.74 Å². The van der Waals surface area contributed by atoms with Crippen LogP contribution in [0.1, 0.15) is 5.56 Å². The molecule has 2 aliphatic rings. The van der Waals surface area contributed by atoms with Crippen LogP contribution in [0.3, 0.4) is 0 Å². The van der Waals surface area contributed by atoms with Crippen molar-refractivity contribution in [2.75, 3.05) is 55.7 Å². The fourth-order valence-corrected chi connectivity index (χ4v) is 4.15. The van der Waals surface area contributed by atoms with Gasteiger partial charge in [0.15, 0.2) is 0 Å². The molecule has 2 aliphatic heterocycles. The summed E-state index contributed by atoms with van der Waals surface area (Å²) >= 11 is 0. The Morgan fingerprint density at radius 1 is 1.00 bits per heavy atom. The number of nitrogens with one attached hydrogen (secondary N) is 1. The number of anilines is 2. The number of nitrogens with zero attached hydrogens (tertiary/aromatic N) is 5. The maximum atomic E-state index is 5.50. The van der Waals surface area contributed by atoms with Crippen molar-refractivity contribution in [3.63, 3.8) is 0 Å². The van der Waals surface area contributed by atoms with E-state index < -0.39 is 0 Å². The Kier molecular flexibility index (Phi) is 5.23. The number of morpholine rings is 1. The van der Waals surface area contributed by atoms with Crippen LogP contribution in [0.2, 0.25) is 0 Å². The molecular formula is C22H26N6O. The van der Waals surface area contributed by atoms with Crippen LogP contribution in [-0.2, 0) is 11.2 Å². The maximum Gasteiger partial charge on any atom is 0.228 e. The number of hydrogen-bond donors (Lipinski definition) is 1. The van der Waals surface area contributed by atoms with Crippen molar-refractivity contribution >= 4 is 22.7 Å². The Morgan fingerprint density at radius 3 is 2.72 bits per heavy atom. The molecule has 1 atom stereocenters. The second kappa shape index (κ2) is 8.31. The van der Waals surface area contributed by atoms with Crippen LogP contribution in [0.5, 0.6) is 0 Å². The normalized spacial score (nSPS) is 20.2. The molecule has 2 fully saturated rings. The second-order valence-corrected chi connectivity index (χ2v) is 7.63. The van der Waals surface area contributed by atoms with Crippen molar-refractivity contribution in [3.8, 4) is 0 Å². The topological polar surface area (TPSA) is 66.4 Å². The summed E-state index contributed by atoms with van der Waals surface area (Å²) in [6, 6.07) is 13.1. The van der Waals surface area contributed by atoms with Crippen LogP contribution < -0.4 is 15.1 Å². The minimum absolute atomic E-state index is 0.393. The summed E-state index contributed by atoms with van der Waals surface area (Å²) in [7, 11) is 0. The lowest BCUT2D eigenvalue weighted by Crippen LogP contribution is -2.52. The van der Waals surface area contributed by atoms with Crippen LogP contribution >= 0.6 is 0 Å². The first-order valence-corrected chi connectivity index (χ1v) is 10.3. The zero-order chi connectivity index (χ0) is 19.5. The molecule has 3 aromatic rings. The molecular weight excluding hydrogens is 364 g/mol. The highest BCUT2D eigenvalue weighted by Crippen LogP contribution is 2.27. The molecule has 0 spiro atoms. The number of ether oxygens (including phenoxy) is 1. The lowest BCUT2D eigenvalue weighted by molar-refractivity contribution is 0.122. The van der Waals surface area contributed by atoms with Crippen molar-refractivity contribution in [1.82, 2.24) is 20.3 Å². The molecule has 150 valence electrons. The zero-order valence-electron chi connectivity index (χ0n) is 16.5. The number of hydrogen-bond acceptors (Lipinski definition) is 7. The van der Waals surface area contributed by atoms with Gasteiger partial charge < -0.3 is 19.9 Å². The SMILES string of the molecule is c1ccc(C[C@H]2CN(c3nc(N4CCOCC4)nc4cnccc34)CCN2)cc1. The Hall–Kier alpha value is -2.77. The van der Waals surface area contributed by atoms with Crippen molar-refractivity contribution in [2.45, 2.75) is 12.5 Å². The second-order valence-electron chi connectivity index (χ2n) is 7.63. The average molecular weight is 390 g/mol. The van der Waals surface area contributed by atoms with E-state index in [9.17, 15) is 0 Å². The van der Waals surface area contributed by atoms with Crippen molar-refractivity contribution in [1.29, 1.82) is 0 Å². The van der Waals surface area contributed by atoms with Gasteiger partial charge in [-0.15, -0.1) is 0 Å². The standard InChI is InChI=1S/C22H26N6O/c1-2-4-17(5-3-1)14-18-16-28(9-8-24-18)21-19-6-7-23-15-20(19)25-22(26-21)27-10-12-29-13-11-27/h1-7,15,18,24H,8-14,16H2/t18-/m0/s1. The lowest BCUT2D eigenvalue weighted by Gasteiger charge is -2.36. The van der Waals surface area contributed by atoms with Gasteiger partial charge in [0.05, 0.1) is 24.9 Å². The van der Waals surface area contributed by atoms with Crippen LogP contribution in [0.4, 0.5) is 11.8 Å². The van der Waals surface area contributed by atoms with E-state index in [0.29, 0.717) is 6.04 Å². The molecule has 0 aliphatic carbocycles. The summed E-state index contributed by atoms with van der Waals surface area (Å²) in [5.74, 6) is 1.79. The van der Waals surface area contributed by atoms with E-state index in [0.717, 1.165) is 75.0 Å². The van der Waals surface area contributed by atoms with Crippen LogP contribution in [0.15, 0.2) is 48.8 Å². The Labute approximate surface area is 170 Å². The van der Waals surface area contributed by atoms with Crippen LogP contribution in [0, 0.1) is 0 Å². The average Bonchev–Trinajstić information content (AvgIpc) is 2.80. The zero-order valence-corrected chi connectivity index (χ0v) is 16.5. The van der Waals surface area contributed by atoms with E-state index in [1.54, 1.807) is 0 Å². The van der Waals surface area contributed by atoms with E-state index in [4.69, 9.17) is 14.7 Å². The van der Waals surface area contributed by atoms with Gasteiger partial charge in [0, 0.05) is 50.3 Å². The minimum atomic E-state index is 0.393. The van der Waals surface area contributed by atoms with Gasteiger partial charge in [-0.05, 0) is 18.1 Å². The van der Waals surface area contributed by atoms with E-state index in [1.165, 1.54) is 5.56 Å². The number of fused-ring (bicyclic) bond motifs is 1. The summed E-state index contributed by atoms with van der Waals surface area (Å²) in [6.07, 6.45) is 4.68. The van der Waals surface area contributed by atoms with Crippen LogP contribution in [0.25, 0.3) is 10.9 Å². The minimum Gasteiger partial charge on any atom is -0.378 e. The predicted molar refractivity (Wildman–Crippen MR) is 115 cm³/mol. The highest BCUT2D eigenvalue weighted by atomic mass is 16.5. The molecule has 0 saturated carbocycles. The highest BCUT2D eigenvalue weighted by Gasteiger charge is 2.24. The molecule has 2 aromatic heterocycles. The molecule has 7 nitrogen and oxygen atoms in total. The number of rotatable bonds is 4. The Balaban J connectivity index is 1.44. The number of pyridine rings is 1. The molecule has 29 heavy (non-hydrogen) atoms. The van der Waals surface area contributed by atoms with Gasteiger partial charge in [-0.1, -0.05) is 30.3 Å². The smallest absolute Gasteiger partial charge is 0.228 e. The highest BCUT2D eigenvalue weighted by molar-refractivity contribution is 5.90. The first kappa shape index (κ1) is 18.3.